The molecule has 2 nitrogen and oxygen atoms in total. The normalized spacial score (nSPS) is 18.5. The SMILES string of the molecule is CC(C)N(CC#C[C@](O)(c1ccccc1)C1CCCCC1)C(C)C. The largest absolute Gasteiger partial charge is 0.373 e. The number of benzene rings is 1. The van der Waals surface area contributed by atoms with Crippen LogP contribution >= 0.6 is 0 Å². The molecule has 24 heavy (non-hydrogen) atoms. The maximum atomic E-state index is 11.5. The summed E-state index contributed by atoms with van der Waals surface area (Å²) < 4.78 is 0. The van der Waals surface area contributed by atoms with Gasteiger partial charge < -0.3 is 5.11 Å². The van der Waals surface area contributed by atoms with E-state index in [4.69, 9.17) is 0 Å². The molecule has 2 heteroatoms. The summed E-state index contributed by atoms with van der Waals surface area (Å²) in [6, 6.07) is 11.0. The summed E-state index contributed by atoms with van der Waals surface area (Å²) in [6.07, 6.45) is 5.82. The third kappa shape index (κ3) is 4.62. The fourth-order valence-electron chi connectivity index (χ4n) is 3.85. The summed E-state index contributed by atoms with van der Waals surface area (Å²) in [5.41, 5.74) is -0.0635. The molecule has 2 rings (SSSR count). The molecule has 1 aliphatic rings. The highest BCUT2D eigenvalue weighted by Crippen LogP contribution is 2.39. The molecule has 0 aliphatic heterocycles. The van der Waals surface area contributed by atoms with Gasteiger partial charge in [-0.05, 0) is 46.1 Å². The van der Waals surface area contributed by atoms with Crippen molar-refractivity contribution >= 4 is 0 Å². The second-order valence-corrected chi connectivity index (χ2v) is 7.63. The number of hydrogen-bond acceptors (Lipinski definition) is 2. The minimum absolute atomic E-state index is 0.243. The van der Waals surface area contributed by atoms with Crippen LogP contribution in [0.1, 0.15) is 65.4 Å². The third-order valence-electron chi connectivity index (χ3n) is 5.28. The van der Waals surface area contributed by atoms with Gasteiger partial charge in [-0.25, -0.2) is 0 Å². The van der Waals surface area contributed by atoms with Gasteiger partial charge in [-0.3, -0.25) is 4.90 Å². The molecule has 0 spiro atoms. The van der Waals surface area contributed by atoms with Crippen LogP contribution in [0.5, 0.6) is 0 Å². The zero-order valence-corrected chi connectivity index (χ0v) is 15.8. The van der Waals surface area contributed by atoms with Crippen molar-refractivity contribution in [1.82, 2.24) is 4.90 Å². The Morgan fingerprint density at radius 2 is 1.62 bits per heavy atom. The first-order valence-corrected chi connectivity index (χ1v) is 9.49. The molecule has 0 heterocycles. The van der Waals surface area contributed by atoms with E-state index >= 15 is 0 Å². The first-order chi connectivity index (χ1) is 11.4. The molecular weight excluding hydrogens is 294 g/mol. The lowest BCUT2D eigenvalue weighted by Gasteiger charge is -2.35. The van der Waals surface area contributed by atoms with Crippen LogP contribution in [0.2, 0.25) is 0 Å². The van der Waals surface area contributed by atoms with Gasteiger partial charge in [0.05, 0.1) is 6.54 Å². The number of rotatable bonds is 5. The van der Waals surface area contributed by atoms with Crippen LogP contribution < -0.4 is 0 Å². The summed E-state index contributed by atoms with van der Waals surface area (Å²) in [4.78, 5) is 2.36. The summed E-state index contributed by atoms with van der Waals surface area (Å²) >= 11 is 0. The van der Waals surface area contributed by atoms with Gasteiger partial charge in [0.2, 0.25) is 0 Å². The van der Waals surface area contributed by atoms with Crippen LogP contribution in [-0.2, 0) is 5.60 Å². The molecule has 1 aromatic rings. The summed E-state index contributed by atoms with van der Waals surface area (Å²) in [7, 11) is 0. The Hall–Kier alpha value is -1.30. The van der Waals surface area contributed by atoms with Crippen LogP contribution in [0.4, 0.5) is 0 Å². The lowest BCUT2D eigenvalue weighted by Crippen LogP contribution is -2.38. The summed E-state index contributed by atoms with van der Waals surface area (Å²) in [5, 5.41) is 11.5. The van der Waals surface area contributed by atoms with Gasteiger partial charge in [-0.1, -0.05) is 61.4 Å². The van der Waals surface area contributed by atoms with Crippen molar-refractivity contribution < 1.29 is 5.11 Å². The molecule has 0 aromatic heterocycles. The fraction of sp³-hybridized carbons (Fsp3) is 0.636. The molecule has 1 aromatic carbocycles. The summed E-state index contributed by atoms with van der Waals surface area (Å²) in [5.74, 6) is 6.84. The van der Waals surface area contributed by atoms with Gasteiger partial charge in [0.15, 0.2) is 5.60 Å². The molecule has 132 valence electrons. The first-order valence-electron chi connectivity index (χ1n) is 9.49. The number of hydrogen-bond donors (Lipinski definition) is 1. The van der Waals surface area contributed by atoms with E-state index in [1.165, 1.54) is 19.3 Å². The van der Waals surface area contributed by atoms with Crippen LogP contribution in [0.3, 0.4) is 0 Å². The van der Waals surface area contributed by atoms with E-state index < -0.39 is 5.60 Å². The highest BCUT2D eigenvalue weighted by molar-refractivity contribution is 5.33. The van der Waals surface area contributed by atoms with E-state index in [-0.39, 0.29) is 5.92 Å². The van der Waals surface area contributed by atoms with Gasteiger partial charge in [-0.2, -0.15) is 0 Å². The smallest absolute Gasteiger partial charge is 0.153 e. The van der Waals surface area contributed by atoms with Gasteiger partial charge in [0, 0.05) is 18.0 Å². The molecule has 0 radical (unpaired) electrons. The molecule has 0 amide bonds. The van der Waals surface area contributed by atoms with Crippen molar-refractivity contribution in [2.24, 2.45) is 5.92 Å². The summed E-state index contributed by atoms with van der Waals surface area (Å²) in [6.45, 7) is 9.51. The van der Waals surface area contributed by atoms with E-state index in [1.54, 1.807) is 0 Å². The minimum atomic E-state index is -1.01. The Kier molecular flexibility index (Phi) is 6.90. The Bertz CT molecular complexity index is 540. The zero-order chi connectivity index (χ0) is 17.6. The maximum Gasteiger partial charge on any atom is 0.153 e. The minimum Gasteiger partial charge on any atom is -0.373 e. The lowest BCUT2D eigenvalue weighted by atomic mass is 9.73. The van der Waals surface area contributed by atoms with E-state index in [2.05, 4.69) is 44.4 Å². The highest BCUT2D eigenvalue weighted by atomic mass is 16.3. The van der Waals surface area contributed by atoms with Crippen LogP contribution in [0, 0.1) is 17.8 Å². The molecule has 1 aliphatic carbocycles. The molecule has 1 saturated carbocycles. The topological polar surface area (TPSA) is 23.5 Å². The van der Waals surface area contributed by atoms with Crippen LogP contribution in [0.15, 0.2) is 30.3 Å². The van der Waals surface area contributed by atoms with Gasteiger partial charge in [0.1, 0.15) is 0 Å². The second kappa shape index (κ2) is 8.70. The number of nitrogens with zero attached hydrogens (tertiary/aromatic N) is 1. The molecule has 0 bridgehead atoms. The molecule has 0 unspecified atom stereocenters. The average Bonchev–Trinajstić information content (AvgIpc) is 2.59. The standard InChI is InChI=1S/C22H33NO/c1-18(2)23(19(3)4)17-11-16-22(24,20-12-7-5-8-13-20)21-14-9-6-10-15-21/h5,7-8,12-13,18-19,21,24H,6,9-10,14-15,17H2,1-4H3/t22-/m0/s1. The second-order valence-electron chi connectivity index (χ2n) is 7.63. The monoisotopic (exact) mass is 327 g/mol. The van der Waals surface area contributed by atoms with Crippen molar-refractivity contribution in [2.45, 2.75) is 77.5 Å². The number of aliphatic hydroxyl groups is 1. The van der Waals surface area contributed by atoms with Crippen LogP contribution in [-0.4, -0.2) is 28.6 Å². The predicted molar refractivity (Wildman–Crippen MR) is 102 cm³/mol. The van der Waals surface area contributed by atoms with Crippen molar-refractivity contribution in [3.8, 4) is 11.8 Å². The van der Waals surface area contributed by atoms with E-state index in [0.29, 0.717) is 18.6 Å². The van der Waals surface area contributed by atoms with E-state index in [1.807, 2.05) is 30.3 Å². The highest BCUT2D eigenvalue weighted by Gasteiger charge is 2.37. The van der Waals surface area contributed by atoms with Gasteiger partial charge in [0.25, 0.3) is 0 Å². The molecular formula is C22H33NO. The quantitative estimate of drug-likeness (QED) is 0.800. The molecule has 1 atom stereocenters. The predicted octanol–water partition coefficient (Wildman–Crippen LogP) is 4.58. The lowest BCUT2D eigenvalue weighted by molar-refractivity contribution is 0.0158. The molecule has 1 N–H and O–H groups in total. The van der Waals surface area contributed by atoms with Crippen molar-refractivity contribution in [3.05, 3.63) is 35.9 Å². The third-order valence-corrected chi connectivity index (χ3v) is 5.28. The Labute approximate surface area is 148 Å². The fourth-order valence-corrected chi connectivity index (χ4v) is 3.85. The van der Waals surface area contributed by atoms with Crippen molar-refractivity contribution in [3.63, 3.8) is 0 Å². The molecule has 0 saturated heterocycles. The average molecular weight is 328 g/mol. The van der Waals surface area contributed by atoms with E-state index in [0.717, 1.165) is 18.4 Å². The van der Waals surface area contributed by atoms with Gasteiger partial charge in [-0.15, -0.1) is 0 Å². The van der Waals surface area contributed by atoms with Gasteiger partial charge >= 0.3 is 0 Å². The Morgan fingerprint density at radius 1 is 1.04 bits per heavy atom. The van der Waals surface area contributed by atoms with Crippen molar-refractivity contribution in [2.75, 3.05) is 6.54 Å². The molecule has 1 fully saturated rings. The first kappa shape index (κ1) is 19.0. The zero-order valence-electron chi connectivity index (χ0n) is 15.8. The Morgan fingerprint density at radius 3 is 2.17 bits per heavy atom. The Balaban J connectivity index is 2.26. The van der Waals surface area contributed by atoms with Crippen LogP contribution in [0.25, 0.3) is 0 Å². The maximum absolute atomic E-state index is 11.5. The van der Waals surface area contributed by atoms with E-state index in [9.17, 15) is 5.11 Å². The van der Waals surface area contributed by atoms with Crippen molar-refractivity contribution in [1.29, 1.82) is 0 Å².